The van der Waals surface area contributed by atoms with Crippen LogP contribution in [0.15, 0.2) is 42.5 Å². The van der Waals surface area contributed by atoms with Gasteiger partial charge in [-0.2, -0.15) is 0 Å². The summed E-state index contributed by atoms with van der Waals surface area (Å²) >= 11 is 0. The second-order valence-electron chi connectivity index (χ2n) is 5.28. The van der Waals surface area contributed by atoms with Crippen LogP contribution in [-0.2, 0) is 6.54 Å². The fraction of sp³-hybridized carbons (Fsp3) is 0.263. The highest BCUT2D eigenvalue weighted by molar-refractivity contribution is 5.72. The van der Waals surface area contributed by atoms with Crippen molar-refractivity contribution in [2.45, 2.75) is 20.4 Å². The van der Waals surface area contributed by atoms with E-state index in [0.29, 0.717) is 6.54 Å². The number of aliphatic hydroxyl groups excluding tert-OH is 1. The number of hydrogen-bond donors (Lipinski definition) is 2. The van der Waals surface area contributed by atoms with E-state index in [-0.39, 0.29) is 6.61 Å². The van der Waals surface area contributed by atoms with Crippen LogP contribution < -0.4 is 5.32 Å². The van der Waals surface area contributed by atoms with Gasteiger partial charge in [0.2, 0.25) is 0 Å². The Labute approximate surface area is 127 Å². The standard InChI is InChI=1S/C19H23NO/c1-15-5-3-6-16(2)19(15)10-9-17-7-4-8-18(13-17)14-20-11-12-21/h3-10,13,20-21H,11-12,14H2,1-2H3. The van der Waals surface area contributed by atoms with Crippen molar-refractivity contribution in [3.63, 3.8) is 0 Å². The lowest BCUT2D eigenvalue weighted by molar-refractivity contribution is 0.292. The Kier molecular flexibility index (Phi) is 5.73. The maximum atomic E-state index is 8.79. The van der Waals surface area contributed by atoms with Crippen LogP contribution >= 0.6 is 0 Å². The van der Waals surface area contributed by atoms with Gasteiger partial charge in [-0.25, -0.2) is 0 Å². The van der Waals surface area contributed by atoms with Gasteiger partial charge in [0.15, 0.2) is 0 Å². The van der Waals surface area contributed by atoms with E-state index in [1.807, 2.05) is 0 Å². The first-order valence-corrected chi connectivity index (χ1v) is 7.35. The van der Waals surface area contributed by atoms with E-state index in [0.717, 1.165) is 6.54 Å². The molecule has 21 heavy (non-hydrogen) atoms. The molecule has 0 amide bonds. The van der Waals surface area contributed by atoms with E-state index in [4.69, 9.17) is 5.11 Å². The highest BCUT2D eigenvalue weighted by Crippen LogP contribution is 2.17. The largest absolute Gasteiger partial charge is 0.395 e. The third-order valence-electron chi connectivity index (χ3n) is 3.55. The average molecular weight is 281 g/mol. The Morgan fingerprint density at radius 3 is 2.43 bits per heavy atom. The summed E-state index contributed by atoms with van der Waals surface area (Å²) in [5.74, 6) is 0. The van der Waals surface area contributed by atoms with E-state index >= 15 is 0 Å². The molecule has 0 atom stereocenters. The molecule has 0 heterocycles. The van der Waals surface area contributed by atoms with Crippen molar-refractivity contribution in [2.75, 3.05) is 13.2 Å². The molecule has 0 aliphatic rings. The summed E-state index contributed by atoms with van der Waals surface area (Å²) in [6.07, 6.45) is 4.34. The van der Waals surface area contributed by atoms with Crippen LogP contribution in [0.2, 0.25) is 0 Å². The van der Waals surface area contributed by atoms with Gasteiger partial charge in [0.25, 0.3) is 0 Å². The van der Waals surface area contributed by atoms with Crippen LogP contribution in [0.25, 0.3) is 12.2 Å². The monoisotopic (exact) mass is 281 g/mol. The van der Waals surface area contributed by atoms with Crippen LogP contribution in [0.1, 0.15) is 27.8 Å². The Balaban J connectivity index is 2.12. The second kappa shape index (κ2) is 7.77. The quantitative estimate of drug-likeness (QED) is 0.627. The summed E-state index contributed by atoms with van der Waals surface area (Å²) in [5.41, 5.74) is 6.31. The molecule has 0 saturated carbocycles. The molecule has 0 spiro atoms. The lowest BCUT2D eigenvalue weighted by Gasteiger charge is -2.06. The molecule has 0 fully saturated rings. The van der Waals surface area contributed by atoms with Crippen molar-refractivity contribution >= 4 is 12.2 Å². The second-order valence-corrected chi connectivity index (χ2v) is 5.28. The highest BCUT2D eigenvalue weighted by Gasteiger charge is 1.98. The SMILES string of the molecule is Cc1cccc(C)c1C=Cc1cccc(CNCCO)c1. The molecule has 0 saturated heterocycles. The first kappa shape index (κ1) is 15.5. The fourth-order valence-electron chi connectivity index (χ4n) is 2.39. The zero-order chi connectivity index (χ0) is 15.1. The Morgan fingerprint density at radius 2 is 1.71 bits per heavy atom. The number of hydrogen-bond acceptors (Lipinski definition) is 2. The number of aliphatic hydroxyl groups is 1. The summed E-state index contributed by atoms with van der Waals surface area (Å²) in [4.78, 5) is 0. The summed E-state index contributed by atoms with van der Waals surface area (Å²) in [6, 6.07) is 14.8. The molecule has 0 unspecified atom stereocenters. The van der Waals surface area contributed by atoms with Crippen LogP contribution in [0.3, 0.4) is 0 Å². The third-order valence-corrected chi connectivity index (χ3v) is 3.55. The Bertz CT molecular complexity index is 596. The van der Waals surface area contributed by atoms with Gasteiger partial charge in [-0.1, -0.05) is 54.6 Å². The number of aryl methyl sites for hydroxylation is 2. The normalized spacial score (nSPS) is 11.2. The van der Waals surface area contributed by atoms with Crippen molar-refractivity contribution in [1.82, 2.24) is 5.32 Å². The fourth-order valence-corrected chi connectivity index (χ4v) is 2.39. The number of nitrogens with one attached hydrogen (secondary N) is 1. The molecule has 2 heteroatoms. The molecule has 0 radical (unpaired) electrons. The van der Waals surface area contributed by atoms with Gasteiger partial charge in [0, 0.05) is 13.1 Å². The lowest BCUT2D eigenvalue weighted by Crippen LogP contribution is -2.17. The highest BCUT2D eigenvalue weighted by atomic mass is 16.3. The van der Waals surface area contributed by atoms with Gasteiger partial charge in [-0.05, 0) is 41.7 Å². The van der Waals surface area contributed by atoms with Crippen molar-refractivity contribution < 1.29 is 5.11 Å². The summed E-state index contributed by atoms with van der Waals surface area (Å²) < 4.78 is 0. The summed E-state index contributed by atoms with van der Waals surface area (Å²) in [7, 11) is 0. The zero-order valence-corrected chi connectivity index (χ0v) is 12.8. The smallest absolute Gasteiger partial charge is 0.0556 e. The molecule has 2 nitrogen and oxygen atoms in total. The van der Waals surface area contributed by atoms with E-state index in [1.165, 1.54) is 27.8 Å². The van der Waals surface area contributed by atoms with Gasteiger partial charge < -0.3 is 10.4 Å². The van der Waals surface area contributed by atoms with Gasteiger partial charge in [-0.3, -0.25) is 0 Å². The molecule has 0 aromatic heterocycles. The lowest BCUT2D eigenvalue weighted by atomic mass is 10.0. The molecule has 2 aromatic rings. The molecule has 0 aliphatic heterocycles. The van der Waals surface area contributed by atoms with Crippen LogP contribution in [0, 0.1) is 13.8 Å². The maximum absolute atomic E-state index is 8.79. The van der Waals surface area contributed by atoms with Crippen molar-refractivity contribution in [1.29, 1.82) is 0 Å². The zero-order valence-electron chi connectivity index (χ0n) is 12.8. The molecular weight excluding hydrogens is 258 g/mol. The molecule has 110 valence electrons. The van der Waals surface area contributed by atoms with Gasteiger partial charge in [0.05, 0.1) is 6.61 Å². The summed E-state index contributed by atoms with van der Waals surface area (Å²) in [6.45, 7) is 5.87. The predicted molar refractivity (Wildman–Crippen MR) is 90.1 cm³/mol. The predicted octanol–water partition coefficient (Wildman–Crippen LogP) is 3.56. The van der Waals surface area contributed by atoms with Crippen molar-refractivity contribution in [3.05, 3.63) is 70.3 Å². The van der Waals surface area contributed by atoms with E-state index in [2.05, 4.69) is 73.8 Å². The Hall–Kier alpha value is -1.90. The minimum atomic E-state index is 0.173. The molecule has 2 N–H and O–H groups in total. The molecule has 2 aromatic carbocycles. The Morgan fingerprint density at radius 1 is 1.00 bits per heavy atom. The maximum Gasteiger partial charge on any atom is 0.0556 e. The minimum Gasteiger partial charge on any atom is -0.395 e. The molecular formula is C19H23NO. The van der Waals surface area contributed by atoms with Crippen LogP contribution in [-0.4, -0.2) is 18.3 Å². The van der Waals surface area contributed by atoms with Gasteiger partial charge in [-0.15, -0.1) is 0 Å². The van der Waals surface area contributed by atoms with Crippen molar-refractivity contribution in [2.24, 2.45) is 0 Å². The third kappa shape index (κ3) is 4.55. The average Bonchev–Trinajstić information content (AvgIpc) is 2.47. The first-order valence-electron chi connectivity index (χ1n) is 7.35. The molecule has 0 bridgehead atoms. The van der Waals surface area contributed by atoms with E-state index in [1.54, 1.807) is 0 Å². The van der Waals surface area contributed by atoms with Crippen LogP contribution in [0.5, 0.6) is 0 Å². The minimum absolute atomic E-state index is 0.173. The summed E-state index contributed by atoms with van der Waals surface area (Å²) in [5, 5.41) is 12.0. The molecule has 2 rings (SSSR count). The van der Waals surface area contributed by atoms with Crippen molar-refractivity contribution in [3.8, 4) is 0 Å². The van der Waals surface area contributed by atoms with Gasteiger partial charge in [0.1, 0.15) is 0 Å². The van der Waals surface area contributed by atoms with E-state index in [9.17, 15) is 0 Å². The number of benzene rings is 2. The number of rotatable bonds is 6. The van der Waals surface area contributed by atoms with Crippen LogP contribution in [0.4, 0.5) is 0 Å². The molecule has 0 aliphatic carbocycles. The first-order chi connectivity index (χ1) is 10.2. The van der Waals surface area contributed by atoms with E-state index < -0.39 is 0 Å². The van der Waals surface area contributed by atoms with Gasteiger partial charge >= 0.3 is 0 Å². The topological polar surface area (TPSA) is 32.3 Å².